The number of carbonyl (C=O) groups excluding carboxylic acids is 1. The molecule has 0 aliphatic heterocycles. The first kappa shape index (κ1) is 13.8. The van der Waals surface area contributed by atoms with E-state index in [1.54, 1.807) is 18.1 Å². The Morgan fingerprint density at radius 3 is 2.86 bits per heavy atom. The summed E-state index contributed by atoms with van der Waals surface area (Å²) >= 11 is 1.54. The normalized spacial score (nSPS) is 11.0. The largest absolute Gasteiger partial charge is 0.467 e. The Balaban J connectivity index is 2.01. The van der Waals surface area contributed by atoms with Crippen LogP contribution in [0.2, 0.25) is 0 Å². The molecule has 2 aromatic heterocycles. The van der Waals surface area contributed by atoms with E-state index in [-0.39, 0.29) is 5.91 Å². The Labute approximate surface area is 127 Å². The summed E-state index contributed by atoms with van der Waals surface area (Å²) in [6.45, 7) is 4.07. The number of hydrogen-bond acceptors (Lipinski definition) is 4. The van der Waals surface area contributed by atoms with Gasteiger partial charge in [0.15, 0.2) is 5.13 Å². The molecule has 3 rings (SSSR count). The van der Waals surface area contributed by atoms with E-state index < -0.39 is 0 Å². The topological polar surface area (TPSA) is 46.3 Å². The molecule has 0 unspecified atom stereocenters. The van der Waals surface area contributed by atoms with E-state index in [9.17, 15) is 4.79 Å². The zero-order chi connectivity index (χ0) is 14.8. The number of aryl methyl sites for hydroxylation is 1. The quantitative estimate of drug-likeness (QED) is 0.731. The zero-order valence-electron chi connectivity index (χ0n) is 12.0. The summed E-state index contributed by atoms with van der Waals surface area (Å²) in [7, 11) is 0. The zero-order valence-corrected chi connectivity index (χ0v) is 12.8. The minimum Gasteiger partial charge on any atom is -0.467 e. The molecule has 0 bridgehead atoms. The fourth-order valence-corrected chi connectivity index (χ4v) is 3.32. The molecule has 21 heavy (non-hydrogen) atoms. The van der Waals surface area contributed by atoms with Gasteiger partial charge in [0.2, 0.25) is 5.91 Å². The first-order chi connectivity index (χ1) is 10.2. The van der Waals surface area contributed by atoms with Crippen molar-refractivity contribution < 1.29 is 9.21 Å². The molecule has 0 saturated carbocycles. The van der Waals surface area contributed by atoms with Gasteiger partial charge in [-0.2, -0.15) is 0 Å². The van der Waals surface area contributed by atoms with Crippen LogP contribution in [0, 0.1) is 0 Å². The minimum atomic E-state index is -0.0384. The fraction of sp³-hybridized carbons (Fsp3) is 0.250. The van der Waals surface area contributed by atoms with Crippen molar-refractivity contribution in [2.75, 3.05) is 4.90 Å². The van der Waals surface area contributed by atoms with Crippen LogP contribution in [0.3, 0.4) is 0 Å². The monoisotopic (exact) mass is 300 g/mol. The van der Waals surface area contributed by atoms with Crippen molar-refractivity contribution in [1.82, 2.24) is 4.98 Å². The number of nitrogens with zero attached hydrogens (tertiary/aromatic N) is 2. The Morgan fingerprint density at radius 2 is 2.19 bits per heavy atom. The molecule has 0 aliphatic rings. The first-order valence-electron chi connectivity index (χ1n) is 6.88. The third-order valence-corrected chi connectivity index (χ3v) is 4.42. The first-order valence-corrected chi connectivity index (χ1v) is 7.69. The number of thiazole rings is 1. The number of anilines is 1. The van der Waals surface area contributed by atoms with Gasteiger partial charge in [-0.3, -0.25) is 9.69 Å². The maximum atomic E-state index is 12.0. The SMILES string of the molecule is CCc1cccc2sc(N(Cc3ccco3)C(C)=O)nc12. The molecule has 4 nitrogen and oxygen atoms in total. The van der Waals surface area contributed by atoms with Gasteiger partial charge in [-0.1, -0.05) is 30.4 Å². The summed E-state index contributed by atoms with van der Waals surface area (Å²) in [6.07, 6.45) is 2.54. The van der Waals surface area contributed by atoms with Crippen LogP contribution >= 0.6 is 11.3 Å². The highest BCUT2D eigenvalue weighted by Gasteiger charge is 2.18. The predicted octanol–water partition coefficient (Wildman–Crippen LogP) is 4.00. The van der Waals surface area contributed by atoms with Gasteiger partial charge in [0, 0.05) is 6.92 Å². The number of amides is 1. The second-order valence-electron chi connectivity index (χ2n) is 4.80. The van der Waals surface area contributed by atoms with E-state index in [1.807, 2.05) is 24.3 Å². The molecule has 0 N–H and O–H groups in total. The van der Waals surface area contributed by atoms with Gasteiger partial charge in [-0.15, -0.1) is 0 Å². The molecule has 0 spiro atoms. The van der Waals surface area contributed by atoms with E-state index in [2.05, 4.69) is 18.0 Å². The molecule has 0 aliphatic carbocycles. The lowest BCUT2D eigenvalue weighted by Gasteiger charge is -2.15. The van der Waals surface area contributed by atoms with Crippen LogP contribution in [-0.2, 0) is 17.8 Å². The van der Waals surface area contributed by atoms with Crippen molar-refractivity contribution in [1.29, 1.82) is 0 Å². The lowest BCUT2D eigenvalue weighted by atomic mass is 10.1. The molecule has 5 heteroatoms. The van der Waals surface area contributed by atoms with Crippen LogP contribution in [0.5, 0.6) is 0 Å². The van der Waals surface area contributed by atoms with Gasteiger partial charge in [0.25, 0.3) is 0 Å². The average molecular weight is 300 g/mol. The number of rotatable bonds is 4. The third kappa shape index (κ3) is 2.69. The summed E-state index contributed by atoms with van der Waals surface area (Å²) in [5, 5.41) is 0.717. The Bertz CT molecular complexity index is 762. The number of benzene rings is 1. The standard InChI is InChI=1S/C16H16N2O2S/c1-3-12-6-4-8-14-15(12)17-16(21-14)18(11(2)19)10-13-7-5-9-20-13/h4-9H,3,10H2,1-2H3. The van der Waals surface area contributed by atoms with Gasteiger partial charge in [0.1, 0.15) is 5.76 Å². The van der Waals surface area contributed by atoms with Gasteiger partial charge in [-0.05, 0) is 30.2 Å². The van der Waals surface area contributed by atoms with Gasteiger partial charge in [-0.25, -0.2) is 4.98 Å². The average Bonchev–Trinajstić information content (AvgIpc) is 3.12. The second-order valence-corrected chi connectivity index (χ2v) is 5.81. The minimum absolute atomic E-state index is 0.0384. The summed E-state index contributed by atoms with van der Waals surface area (Å²) in [5.41, 5.74) is 2.20. The van der Waals surface area contributed by atoms with E-state index in [4.69, 9.17) is 4.42 Å². The Morgan fingerprint density at radius 1 is 1.33 bits per heavy atom. The predicted molar refractivity (Wildman–Crippen MR) is 84.6 cm³/mol. The van der Waals surface area contributed by atoms with E-state index in [0.29, 0.717) is 6.54 Å². The molecule has 1 aromatic carbocycles. The Hall–Kier alpha value is -2.14. The Kier molecular flexibility index (Phi) is 3.75. The molecule has 0 saturated heterocycles. The summed E-state index contributed by atoms with van der Waals surface area (Å²) in [4.78, 5) is 18.3. The van der Waals surface area contributed by atoms with Crippen molar-refractivity contribution in [3.8, 4) is 0 Å². The highest BCUT2D eigenvalue weighted by molar-refractivity contribution is 7.22. The molecule has 0 atom stereocenters. The number of aromatic nitrogens is 1. The van der Waals surface area contributed by atoms with Crippen LogP contribution in [0.1, 0.15) is 25.2 Å². The number of para-hydroxylation sites is 1. The molecule has 108 valence electrons. The van der Waals surface area contributed by atoms with Crippen molar-refractivity contribution >= 4 is 32.6 Å². The summed E-state index contributed by atoms with van der Waals surface area (Å²) in [6, 6.07) is 9.84. The van der Waals surface area contributed by atoms with E-state index in [1.165, 1.54) is 16.9 Å². The molecule has 2 heterocycles. The summed E-state index contributed by atoms with van der Waals surface area (Å²) in [5.74, 6) is 0.712. The van der Waals surface area contributed by atoms with Gasteiger partial charge >= 0.3 is 0 Å². The molecule has 0 radical (unpaired) electrons. The van der Waals surface area contributed by atoms with E-state index >= 15 is 0 Å². The van der Waals surface area contributed by atoms with Crippen molar-refractivity contribution in [3.05, 3.63) is 47.9 Å². The lowest BCUT2D eigenvalue weighted by Crippen LogP contribution is -2.27. The number of carbonyl (C=O) groups is 1. The fourth-order valence-electron chi connectivity index (χ4n) is 2.27. The second kappa shape index (κ2) is 5.69. The molecule has 3 aromatic rings. The van der Waals surface area contributed by atoms with Gasteiger partial charge < -0.3 is 4.42 Å². The van der Waals surface area contributed by atoms with Crippen molar-refractivity contribution in [2.45, 2.75) is 26.8 Å². The molecule has 1 amide bonds. The van der Waals surface area contributed by atoms with Gasteiger partial charge in [0.05, 0.1) is 23.0 Å². The maximum absolute atomic E-state index is 12.0. The number of fused-ring (bicyclic) bond motifs is 1. The molecular formula is C16H16N2O2S. The highest BCUT2D eigenvalue weighted by atomic mass is 32.1. The number of furan rings is 1. The van der Waals surface area contributed by atoms with E-state index in [0.717, 1.165) is 27.5 Å². The van der Waals surface area contributed by atoms with Crippen LogP contribution in [0.15, 0.2) is 41.0 Å². The van der Waals surface area contributed by atoms with Crippen LogP contribution in [0.25, 0.3) is 10.2 Å². The van der Waals surface area contributed by atoms with Crippen molar-refractivity contribution in [3.63, 3.8) is 0 Å². The smallest absolute Gasteiger partial charge is 0.226 e. The van der Waals surface area contributed by atoms with Crippen molar-refractivity contribution in [2.24, 2.45) is 0 Å². The van der Waals surface area contributed by atoms with Crippen LogP contribution < -0.4 is 4.90 Å². The number of hydrogen-bond donors (Lipinski definition) is 0. The lowest BCUT2D eigenvalue weighted by molar-refractivity contribution is -0.116. The highest BCUT2D eigenvalue weighted by Crippen LogP contribution is 2.31. The maximum Gasteiger partial charge on any atom is 0.226 e. The third-order valence-electron chi connectivity index (χ3n) is 3.38. The molecule has 0 fully saturated rings. The van der Waals surface area contributed by atoms with Crippen LogP contribution in [-0.4, -0.2) is 10.9 Å². The summed E-state index contributed by atoms with van der Waals surface area (Å²) < 4.78 is 6.44. The van der Waals surface area contributed by atoms with Crippen LogP contribution in [0.4, 0.5) is 5.13 Å². The molecular weight excluding hydrogens is 284 g/mol.